The standard InChI is InChI=1S/C19H16N4O3/c24-18(13-5-7-16(8-6-13)23-10-9-20-21-23)22-12-15-4-2-1-3-14(15)11-17(22)19(25)26/h1-10,17H,11-12H2,(H,25,26). The van der Waals surface area contributed by atoms with Gasteiger partial charge in [-0.2, -0.15) is 0 Å². The highest BCUT2D eigenvalue weighted by Gasteiger charge is 2.34. The maximum absolute atomic E-state index is 13.0. The van der Waals surface area contributed by atoms with Gasteiger partial charge in [0.25, 0.3) is 5.91 Å². The molecule has 0 fully saturated rings. The molecule has 2 aromatic carbocycles. The summed E-state index contributed by atoms with van der Waals surface area (Å²) in [6.45, 7) is 0.288. The van der Waals surface area contributed by atoms with E-state index in [4.69, 9.17) is 0 Å². The molecule has 1 unspecified atom stereocenters. The lowest BCUT2D eigenvalue weighted by Crippen LogP contribution is -2.48. The van der Waals surface area contributed by atoms with Crippen LogP contribution in [0.3, 0.4) is 0 Å². The van der Waals surface area contributed by atoms with Crippen LogP contribution in [0.25, 0.3) is 5.69 Å². The molecule has 0 aliphatic carbocycles. The SMILES string of the molecule is O=C(O)C1Cc2ccccc2CN1C(=O)c1ccc(-n2ccnn2)cc1. The first-order valence-corrected chi connectivity index (χ1v) is 8.21. The number of hydrogen-bond donors (Lipinski definition) is 1. The van der Waals surface area contributed by atoms with Crippen molar-refractivity contribution in [2.75, 3.05) is 0 Å². The molecule has 1 amide bonds. The summed E-state index contributed by atoms with van der Waals surface area (Å²) >= 11 is 0. The van der Waals surface area contributed by atoms with Gasteiger partial charge in [0.1, 0.15) is 6.04 Å². The van der Waals surface area contributed by atoms with E-state index in [9.17, 15) is 14.7 Å². The van der Waals surface area contributed by atoms with E-state index < -0.39 is 12.0 Å². The van der Waals surface area contributed by atoms with Crippen molar-refractivity contribution in [1.29, 1.82) is 0 Å². The number of aromatic nitrogens is 3. The number of benzene rings is 2. The van der Waals surface area contributed by atoms with Crippen molar-refractivity contribution in [2.45, 2.75) is 19.0 Å². The normalized spacial score (nSPS) is 16.2. The highest BCUT2D eigenvalue weighted by atomic mass is 16.4. The maximum atomic E-state index is 13.0. The molecule has 0 spiro atoms. The van der Waals surface area contributed by atoms with Crippen LogP contribution in [0.15, 0.2) is 60.9 Å². The molecule has 0 saturated heterocycles. The number of nitrogens with zero attached hydrogens (tertiary/aromatic N) is 4. The summed E-state index contributed by atoms with van der Waals surface area (Å²) in [5.41, 5.74) is 3.18. The third-order valence-corrected chi connectivity index (χ3v) is 4.60. The fourth-order valence-electron chi connectivity index (χ4n) is 3.23. The van der Waals surface area contributed by atoms with Crippen molar-refractivity contribution < 1.29 is 14.7 Å². The molecule has 130 valence electrons. The molecule has 0 saturated carbocycles. The first-order chi connectivity index (χ1) is 12.6. The first-order valence-electron chi connectivity index (χ1n) is 8.21. The molecule has 0 bridgehead atoms. The van der Waals surface area contributed by atoms with E-state index in [1.807, 2.05) is 24.3 Å². The van der Waals surface area contributed by atoms with Gasteiger partial charge in [-0.1, -0.05) is 29.5 Å². The predicted octanol–water partition coefficient (Wildman–Crippen LogP) is 1.92. The highest BCUT2D eigenvalue weighted by molar-refractivity contribution is 5.97. The van der Waals surface area contributed by atoms with Crippen LogP contribution in [-0.2, 0) is 17.8 Å². The van der Waals surface area contributed by atoms with Gasteiger partial charge in [-0.15, -0.1) is 5.10 Å². The molecule has 1 N–H and O–H groups in total. The fourth-order valence-corrected chi connectivity index (χ4v) is 3.23. The molecule has 7 heteroatoms. The molecule has 1 aromatic heterocycles. The first kappa shape index (κ1) is 16.0. The number of fused-ring (bicyclic) bond motifs is 1. The minimum absolute atomic E-state index is 0.288. The zero-order valence-corrected chi connectivity index (χ0v) is 13.8. The van der Waals surface area contributed by atoms with Crippen LogP contribution in [0, 0.1) is 0 Å². The Balaban J connectivity index is 1.63. The number of carbonyl (C=O) groups excluding carboxylic acids is 1. The van der Waals surface area contributed by atoms with E-state index in [2.05, 4.69) is 10.3 Å². The van der Waals surface area contributed by atoms with Gasteiger partial charge in [0.2, 0.25) is 0 Å². The summed E-state index contributed by atoms with van der Waals surface area (Å²) in [5, 5.41) is 17.2. The van der Waals surface area contributed by atoms with Gasteiger partial charge < -0.3 is 10.0 Å². The number of rotatable bonds is 3. The monoisotopic (exact) mass is 348 g/mol. The quantitative estimate of drug-likeness (QED) is 0.781. The molecule has 4 rings (SSSR count). The van der Waals surface area contributed by atoms with Crippen molar-refractivity contribution in [3.63, 3.8) is 0 Å². The minimum atomic E-state index is -0.993. The number of carboxylic acids is 1. The molecule has 26 heavy (non-hydrogen) atoms. The average Bonchev–Trinajstić information content (AvgIpc) is 3.21. The van der Waals surface area contributed by atoms with Crippen LogP contribution >= 0.6 is 0 Å². The molecule has 1 aliphatic heterocycles. The second-order valence-electron chi connectivity index (χ2n) is 6.15. The summed E-state index contributed by atoms with van der Waals surface area (Å²) in [7, 11) is 0. The lowest BCUT2D eigenvalue weighted by molar-refractivity contribution is -0.142. The summed E-state index contributed by atoms with van der Waals surface area (Å²) < 4.78 is 1.59. The van der Waals surface area contributed by atoms with Gasteiger partial charge in [-0.25, -0.2) is 9.48 Å². The Hall–Kier alpha value is -3.48. The van der Waals surface area contributed by atoms with Crippen LogP contribution in [0.2, 0.25) is 0 Å². The van der Waals surface area contributed by atoms with E-state index >= 15 is 0 Å². The van der Waals surface area contributed by atoms with Crippen LogP contribution in [0.4, 0.5) is 0 Å². The van der Waals surface area contributed by atoms with Crippen LogP contribution in [-0.4, -0.2) is 42.9 Å². The second-order valence-corrected chi connectivity index (χ2v) is 6.15. The summed E-state index contributed by atoms with van der Waals surface area (Å²) in [6, 6.07) is 13.6. The second kappa shape index (κ2) is 6.44. The van der Waals surface area contributed by atoms with Gasteiger partial charge in [0.05, 0.1) is 18.1 Å². The van der Waals surface area contributed by atoms with Crippen molar-refractivity contribution >= 4 is 11.9 Å². The average molecular weight is 348 g/mol. The fraction of sp³-hybridized carbons (Fsp3) is 0.158. The number of carboxylic acid groups (broad SMARTS) is 1. The Morgan fingerprint density at radius 2 is 1.77 bits per heavy atom. The van der Waals surface area contributed by atoms with Gasteiger partial charge in [0.15, 0.2) is 0 Å². The number of hydrogen-bond acceptors (Lipinski definition) is 4. The van der Waals surface area contributed by atoms with Crippen LogP contribution in [0.5, 0.6) is 0 Å². The topological polar surface area (TPSA) is 88.3 Å². The molecular weight excluding hydrogens is 332 g/mol. The minimum Gasteiger partial charge on any atom is -0.480 e. The maximum Gasteiger partial charge on any atom is 0.326 e. The number of amides is 1. The van der Waals surface area contributed by atoms with E-state index in [0.717, 1.165) is 16.8 Å². The van der Waals surface area contributed by atoms with E-state index in [1.54, 1.807) is 41.3 Å². The summed E-state index contributed by atoms with van der Waals surface area (Å²) in [5.74, 6) is -1.29. The van der Waals surface area contributed by atoms with Crippen molar-refractivity contribution in [2.24, 2.45) is 0 Å². The van der Waals surface area contributed by atoms with Gasteiger partial charge >= 0.3 is 5.97 Å². The van der Waals surface area contributed by atoms with Crippen LogP contribution in [0.1, 0.15) is 21.5 Å². The molecular formula is C19H16N4O3. The Labute approximate surface area is 149 Å². The highest BCUT2D eigenvalue weighted by Crippen LogP contribution is 2.25. The van der Waals surface area contributed by atoms with Gasteiger partial charge in [-0.05, 0) is 35.4 Å². The van der Waals surface area contributed by atoms with E-state index in [1.165, 1.54) is 4.90 Å². The van der Waals surface area contributed by atoms with E-state index in [0.29, 0.717) is 12.0 Å². The molecule has 1 atom stereocenters. The molecule has 3 aromatic rings. The van der Waals surface area contributed by atoms with E-state index in [-0.39, 0.29) is 12.5 Å². The Bertz CT molecular complexity index is 951. The smallest absolute Gasteiger partial charge is 0.326 e. The largest absolute Gasteiger partial charge is 0.480 e. The lowest BCUT2D eigenvalue weighted by atomic mass is 9.93. The van der Waals surface area contributed by atoms with Crippen LogP contribution < -0.4 is 0 Å². The lowest BCUT2D eigenvalue weighted by Gasteiger charge is -2.34. The summed E-state index contributed by atoms with van der Waals surface area (Å²) in [4.78, 5) is 26.1. The Morgan fingerprint density at radius 3 is 2.42 bits per heavy atom. The zero-order valence-electron chi connectivity index (χ0n) is 13.8. The van der Waals surface area contributed by atoms with Gasteiger partial charge in [0, 0.05) is 18.5 Å². The number of carbonyl (C=O) groups is 2. The van der Waals surface area contributed by atoms with Crippen molar-refractivity contribution in [3.8, 4) is 5.69 Å². The van der Waals surface area contributed by atoms with Crippen molar-refractivity contribution in [1.82, 2.24) is 19.9 Å². The third-order valence-electron chi connectivity index (χ3n) is 4.60. The van der Waals surface area contributed by atoms with Gasteiger partial charge in [-0.3, -0.25) is 4.79 Å². The van der Waals surface area contributed by atoms with Crippen molar-refractivity contribution in [3.05, 3.63) is 77.6 Å². The molecule has 1 aliphatic rings. The Kier molecular flexibility index (Phi) is 3.96. The predicted molar refractivity (Wildman–Crippen MR) is 92.8 cm³/mol. The molecule has 2 heterocycles. The summed E-state index contributed by atoms with van der Waals surface area (Å²) in [6.07, 6.45) is 3.59. The number of aliphatic carboxylic acids is 1. The zero-order chi connectivity index (χ0) is 18.1. The third kappa shape index (κ3) is 2.83. The Morgan fingerprint density at radius 1 is 1.04 bits per heavy atom. The molecule has 7 nitrogen and oxygen atoms in total. The molecule has 0 radical (unpaired) electrons.